The van der Waals surface area contributed by atoms with Gasteiger partial charge in [-0.05, 0) is 49.6 Å². The van der Waals surface area contributed by atoms with Crippen molar-refractivity contribution in [3.05, 3.63) is 35.4 Å². The SMILES string of the molecule is CN1CC2CC(Cc3ccc(C=O)cc3)CC2C1. The van der Waals surface area contributed by atoms with E-state index in [0.717, 1.165) is 29.6 Å². The molecule has 2 unspecified atom stereocenters. The lowest BCUT2D eigenvalue weighted by molar-refractivity contribution is 0.112. The van der Waals surface area contributed by atoms with Crippen LogP contribution in [0.4, 0.5) is 0 Å². The van der Waals surface area contributed by atoms with Crippen LogP contribution < -0.4 is 0 Å². The summed E-state index contributed by atoms with van der Waals surface area (Å²) < 4.78 is 0. The van der Waals surface area contributed by atoms with Crippen LogP contribution >= 0.6 is 0 Å². The number of carbonyl (C=O) groups is 1. The van der Waals surface area contributed by atoms with Gasteiger partial charge in [0, 0.05) is 18.7 Å². The van der Waals surface area contributed by atoms with Crippen LogP contribution in [0.5, 0.6) is 0 Å². The van der Waals surface area contributed by atoms with Crippen LogP contribution in [0.1, 0.15) is 28.8 Å². The predicted molar refractivity (Wildman–Crippen MR) is 72.7 cm³/mol. The highest BCUT2D eigenvalue weighted by Crippen LogP contribution is 2.42. The molecular weight excluding hydrogens is 222 g/mol. The number of nitrogens with zero attached hydrogens (tertiary/aromatic N) is 1. The Hall–Kier alpha value is -1.15. The number of fused-ring (bicyclic) bond motifs is 1. The van der Waals surface area contributed by atoms with Crippen LogP contribution in [0, 0.1) is 17.8 Å². The number of benzene rings is 1. The molecule has 1 aliphatic heterocycles. The lowest BCUT2D eigenvalue weighted by Crippen LogP contribution is -2.17. The van der Waals surface area contributed by atoms with Crippen molar-refractivity contribution < 1.29 is 4.79 Å². The summed E-state index contributed by atoms with van der Waals surface area (Å²) >= 11 is 0. The van der Waals surface area contributed by atoms with Crippen LogP contribution in [0.3, 0.4) is 0 Å². The molecule has 3 rings (SSSR count). The molecule has 0 radical (unpaired) electrons. The minimum atomic E-state index is 0.781. The second-order valence-corrected chi connectivity index (χ2v) is 6.14. The standard InChI is InChI=1S/C16H21NO/c1-17-9-15-7-14(8-16(15)10-17)6-12-2-4-13(11-18)5-3-12/h2-5,11,14-16H,6-10H2,1H3. The molecule has 0 N–H and O–H groups in total. The van der Waals surface area contributed by atoms with Gasteiger partial charge in [0.1, 0.15) is 6.29 Å². The largest absolute Gasteiger partial charge is 0.306 e. The average Bonchev–Trinajstić information content (AvgIpc) is 2.86. The van der Waals surface area contributed by atoms with Crippen molar-refractivity contribution >= 4 is 6.29 Å². The predicted octanol–water partition coefficient (Wildman–Crippen LogP) is 2.63. The maximum atomic E-state index is 10.6. The number of carbonyl (C=O) groups excluding carboxylic acids is 1. The fourth-order valence-corrected chi connectivity index (χ4v) is 3.89. The minimum Gasteiger partial charge on any atom is -0.306 e. The summed E-state index contributed by atoms with van der Waals surface area (Å²) in [5.41, 5.74) is 2.17. The zero-order chi connectivity index (χ0) is 12.5. The van der Waals surface area contributed by atoms with Crippen molar-refractivity contribution in [2.45, 2.75) is 19.3 Å². The molecule has 2 nitrogen and oxygen atoms in total. The molecule has 1 aliphatic carbocycles. The Bertz CT molecular complexity index is 411. The maximum Gasteiger partial charge on any atom is 0.150 e. The van der Waals surface area contributed by atoms with Crippen LogP contribution in [-0.4, -0.2) is 31.3 Å². The molecule has 1 aromatic carbocycles. The highest BCUT2D eigenvalue weighted by molar-refractivity contribution is 5.74. The van der Waals surface area contributed by atoms with Gasteiger partial charge in [-0.2, -0.15) is 0 Å². The van der Waals surface area contributed by atoms with Crippen molar-refractivity contribution in [1.82, 2.24) is 4.90 Å². The Morgan fingerprint density at radius 2 is 1.78 bits per heavy atom. The van der Waals surface area contributed by atoms with Gasteiger partial charge < -0.3 is 4.90 Å². The highest BCUT2D eigenvalue weighted by atomic mass is 16.1. The molecule has 1 saturated carbocycles. The number of aldehydes is 1. The Balaban J connectivity index is 1.59. The first kappa shape index (κ1) is 11.9. The first-order valence-electron chi connectivity index (χ1n) is 6.97. The quantitative estimate of drug-likeness (QED) is 0.761. The maximum absolute atomic E-state index is 10.6. The van der Waals surface area contributed by atoms with Crippen molar-refractivity contribution in [2.24, 2.45) is 17.8 Å². The molecule has 0 spiro atoms. The van der Waals surface area contributed by atoms with Crippen LogP contribution in [0.15, 0.2) is 24.3 Å². The molecule has 1 saturated heterocycles. The average molecular weight is 243 g/mol. The molecule has 2 fully saturated rings. The summed E-state index contributed by atoms with van der Waals surface area (Å²) in [4.78, 5) is 13.1. The summed E-state index contributed by atoms with van der Waals surface area (Å²) in [6.07, 6.45) is 4.89. The Morgan fingerprint density at radius 3 is 2.33 bits per heavy atom. The Kier molecular flexibility index (Phi) is 3.21. The van der Waals surface area contributed by atoms with E-state index >= 15 is 0 Å². The molecule has 0 amide bonds. The van der Waals surface area contributed by atoms with Crippen molar-refractivity contribution in [1.29, 1.82) is 0 Å². The van der Waals surface area contributed by atoms with Crippen molar-refractivity contribution in [2.75, 3.05) is 20.1 Å². The molecule has 18 heavy (non-hydrogen) atoms. The van der Waals surface area contributed by atoms with E-state index in [9.17, 15) is 4.79 Å². The van der Waals surface area contributed by atoms with E-state index in [1.807, 2.05) is 12.1 Å². The Labute approximate surface area is 109 Å². The molecule has 96 valence electrons. The molecule has 2 aliphatic rings. The number of hydrogen-bond acceptors (Lipinski definition) is 2. The normalized spacial score (nSPS) is 31.5. The zero-order valence-electron chi connectivity index (χ0n) is 11.0. The highest BCUT2D eigenvalue weighted by Gasteiger charge is 2.39. The van der Waals surface area contributed by atoms with E-state index in [-0.39, 0.29) is 0 Å². The van der Waals surface area contributed by atoms with E-state index in [2.05, 4.69) is 24.1 Å². The third kappa shape index (κ3) is 2.35. The van der Waals surface area contributed by atoms with Gasteiger partial charge in [0.25, 0.3) is 0 Å². The first-order chi connectivity index (χ1) is 8.74. The zero-order valence-corrected chi connectivity index (χ0v) is 11.0. The van der Waals surface area contributed by atoms with Gasteiger partial charge in [0.2, 0.25) is 0 Å². The van der Waals surface area contributed by atoms with Gasteiger partial charge >= 0.3 is 0 Å². The second kappa shape index (κ2) is 4.85. The lowest BCUT2D eigenvalue weighted by Gasteiger charge is -2.14. The summed E-state index contributed by atoms with van der Waals surface area (Å²) in [6.45, 7) is 2.59. The first-order valence-corrected chi connectivity index (χ1v) is 6.97. The summed E-state index contributed by atoms with van der Waals surface area (Å²) in [6, 6.07) is 8.10. The van der Waals surface area contributed by atoms with E-state index in [1.54, 1.807) is 0 Å². The van der Waals surface area contributed by atoms with E-state index < -0.39 is 0 Å². The number of likely N-dealkylation sites (tertiary alicyclic amines) is 1. The summed E-state index contributed by atoms with van der Waals surface area (Å²) in [5, 5.41) is 0. The smallest absolute Gasteiger partial charge is 0.150 e. The van der Waals surface area contributed by atoms with E-state index in [0.29, 0.717) is 0 Å². The van der Waals surface area contributed by atoms with Crippen LogP contribution in [0.25, 0.3) is 0 Å². The summed E-state index contributed by atoms with van der Waals surface area (Å²) in [7, 11) is 2.24. The van der Waals surface area contributed by atoms with E-state index in [4.69, 9.17) is 0 Å². The molecular formula is C16H21NO. The number of hydrogen-bond donors (Lipinski definition) is 0. The van der Waals surface area contributed by atoms with E-state index in [1.165, 1.54) is 37.9 Å². The minimum absolute atomic E-state index is 0.781. The van der Waals surface area contributed by atoms with Gasteiger partial charge in [0.15, 0.2) is 0 Å². The van der Waals surface area contributed by atoms with Gasteiger partial charge in [-0.15, -0.1) is 0 Å². The van der Waals surface area contributed by atoms with Crippen LogP contribution in [0.2, 0.25) is 0 Å². The van der Waals surface area contributed by atoms with Gasteiger partial charge in [-0.3, -0.25) is 4.79 Å². The third-order valence-electron chi connectivity index (χ3n) is 4.67. The van der Waals surface area contributed by atoms with Crippen LogP contribution in [-0.2, 0) is 6.42 Å². The van der Waals surface area contributed by atoms with Crippen molar-refractivity contribution in [3.8, 4) is 0 Å². The fraction of sp³-hybridized carbons (Fsp3) is 0.562. The third-order valence-corrected chi connectivity index (χ3v) is 4.67. The lowest BCUT2D eigenvalue weighted by atomic mass is 9.96. The molecule has 0 bridgehead atoms. The monoisotopic (exact) mass is 243 g/mol. The van der Waals surface area contributed by atoms with Gasteiger partial charge in [-0.1, -0.05) is 24.3 Å². The van der Waals surface area contributed by atoms with Gasteiger partial charge in [0.05, 0.1) is 0 Å². The van der Waals surface area contributed by atoms with Crippen molar-refractivity contribution in [3.63, 3.8) is 0 Å². The Morgan fingerprint density at radius 1 is 1.17 bits per heavy atom. The molecule has 0 aromatic heterocycles. The molecule has 1 aromatic rings. The second-order valence-electron chi connectivity index (χ2n) is 6.14. The molecule has 1 heterocycles. The van der Waals surface area contributed by atoms with Gasteiger partial charge in [-0.25, -0.2) is 0 Å². The molecule has 2 atom stereocenters. The summed E-state index contributed by atoms with van der Waals surface area (Å²) in [5.74, 6) is 2.74. The fourth-order valence-electron chi connectivity index (χ4n) is 3.89. The topological polar surface area (TPSA) is 20.3 Å². The number of rotatable bonds is 3. The molecule has 2 heteroatoms.